The number of amides is 1. The Balaban J connectivity index is 1.40. The van der Waals surface area contributed by atoms with Crippen molar-refractivity contribution in [2.75, 3.05) is 18.4 Å². The van der Waals surface area contributed by atoms with Crippen molar-refractivity contribution in [1.29, 1.82) is 0 Å². The van der Waals surface area contributed by atoms with Gasteiger partial charge in [-0.1, -0.05) is 0 Å². The van der Waals surface area contributed by atoms with Crippen molar-refractivity contribution >= 4 is 21.6 Å². The average molecular weight is 475 g/mol. The number of aryl methyl sites for hydroxylation is 3. The van der Waals surface area contributed by atoms with Crippen LogP contribution in [0.3, 0.4) is 0 Å². The number of piperidine rings is 1. The van der Waals surface area contributed by atoms with E-state index in [9.17, 15) is 13.2 Å². The average Bonchev–Trinajstić information content (AvgIpc) is 3.54. The van der Waals surface area contributed by atoms with Gasteiger partial charge in [-0.25, -0.2) is 8.42 Å². The van der Waals surface area contributed by atoms with Gasteiger partial charge in [-0.15, -0.1) is 0 Å². The van der Waals surface area contributed by atoms with E-state index in [1.807, 2.05) is 24.7 Å². The summed E-state index contributed by atoms with van der Waals surface area (Å²) in [5.74, 6) is -0.629. The van der Waals surface area contributed by atoms with Crippen molar-refractivity contribution in [2.24, 2.45) is 5.92 Å². The van der Waals surface area contributed by atoms with Gasteiger partial charge in [0.15, 0.2) is 0 Å². The molecule has 1 amide bonds. The van der Waals surface area contributed by atoms with Crippen LogP contribution in [-0.2, 0) is 34.5 Å². The van der Waals surface area contributed by atoms with E-state index in [-0.39, 0.29) is 17.3 Å². The molecule has 4 rings (SSSR count). The molecule has 178 valence electrons. The maximum atomic E-state index is 13.2. The Labute approximate surface area is 193 Å². The molecule has 3 aromatic rings. The molecular weight excluding hydrogens is 444 g/mol. The van der Waals surface area contributed by atoms with Crippen LogP contribution < -0.4 is 5.32 Å². The Bertz CT molecular complexity index is 1230. The Morgan fingerprint density at radius 1 is 1.09 bits per heavy atom. The lowest BCUT2D eigenvalue weighted by atomic mass is 9.99. The Kier molecular flexibility index (Phi) is 6.66. The lowest BCUT2D eigenvalue weighted by molar-refractivity contribution is -0.120. The van der Waals surface area contributed by atoms with Gasteiger partial charge in [-0.3, -0.25) is 18.8 Å². The molecule has 0 aliphatic carbocycles. The lowest BCUT2D eigenvalue weighted by Crippen LogP contribution is -2.43. The molecule has 0 radical (unpaired) electrons. The van der Waals surface area contributed by atoms with E-state index in [1.165, 1.54) is 4.31 Å². The molecule has 1 atom stereocenters. The minimum absolute atomic E-state index is 0.148. The minimum Gasteiger partial charge on any atom is -0.323 e. The SMILES string of the molecule is CCn1cc(Cn2cc(NC(=O)[C@H]3CCCN(S(=O)(=O)c4cn(CC)nc4C)C3)cn2)cn1. The highest BCUT2D eigenvalue weighted by molar-refractivity contribution is 7.89. The third-order valence-corrected chi connectivity index (χ3v) is 7.82. The summed E-state index contributed by atoms with van der Waals surface area (Å²) in [4.78, 5) is 13.1. The van der Waals surface area contributed by atoms with Crippen LogP contribution in [0.1, 0.15) is 37.9 Å². The molecule has 1 aliphatic heterocycles. The van der Waals surface area contributed by atoms with E-state index >= 15 is 0 Å². The molecule has 1 fully saturated rings. The summed E-state index contributed by atoms with van der Waals surface area (Å²) < 4.78 is 33.0. The van der Waals surface area contributed by atoms with E-state index < -0.39 is 15.9 Å². The summed E-state index contributed by atoms with van der Waals surface area (Å²) in [5, 5.41) is 15.7. The number of sulfonamides is 1. The van der Waals surface area contributed by atoms with E-state index in [2.05, 4.69) is 20.6 Å². The van der Waals surface area contributed by atoms with Crippen molar-refractivity contribution in [3.63, 3.8) is 0 Å². The van der Waals surface area contributed by atoms with Gasteiger partial charge in [0.25, 0.3) is 0 Å². The highest BCUT2D eigenvalue weighted by atomic mass is 32.2. The second kappa shape index (κ2) is 9.48. The zero-order chi connectivity index (χ0) is 23.6. The topological polar surface area (TPSA) is 120 Å². The zero-order valence-corrected chi connectivity index (χ0v) is 20.0. The van der Waals surface area contributed by atoms with Gasteiger partial charge in [-0.2, -0.15) is 19.6 Å². The number of aromatic nitrogens is 6. The number of hydrogen-bond acceptors (Lipinski definition) is 6. The van der Waals surface area contributed by atoms with Gasteiger partial charge in [0.1, 0.15) is 4.90 Å². The molecule has 11 nitrogen and oxygen atoms in total. The first-order valence-electron chi connectivity index (χ1n) is 11.2. The highest BCUT2D eigenvalue weighted by Crippen LogP contribution is 2.26. The van der Waals surface area contributed by atoms with Crippen LogP contribution in [0.5, 0.6) is 0 Å². The lowest BCUT2D eigenvalue weighted by Gasteiger charge is -2.30. The Hall–Kier alpha value is -2.99. The van der Waals surface area contributed by atoms with Crippen molar-refractivity contribution in [3.05, 3.63) is 42.2 Å². The van der Waals surface area contributed by atoms with Gasteiger partial charge in [0, 0.05) is 50.3 Å². The van der Waals surface area contributed by atoms with Crippen LogP contribution in [0.2, 0.25) is 0 Å². The van der Waals surface area contributed by atoms with Gasteiger partial charge in [-0.05, 0) is 33.6 Å². The molecule has 4 heterocycles. The molecule has 0 bridgehead atoms. The van der Waals surface area contributed by atoms with Gasteiger partial charge in [0.05, 0.1) is 36.2 Å². The summed E-state index contributed by atoms with van der Waals surface area (Å²) >= 11 is 0. The summed E-state index contributed by atoms with van der Waals surface area (Å²) in [7, 11) is -3.71. The normalized spacial score (nSPS) is 17.4. The van der Waals surface area contributed by atoms with Crippen molar-refractivity contribution in [1.82, 2.24) is 33.6 Å². The van der Waals surface area contributed by atoms with E-state index in [0.29, 0.717) is 43.9 Å². The second-order valence-electron chi connectivity index (χ2n) is 8.26. The fourth-order valence-electron chi connectivity index (χ4n) is 4.04. The van der Waals surface area contributed by atoms with E-state index in [0.717, 1.165) is 12.1 Å². The summed E-state index contributed by atoms with van der Waals surface area (Å²) in [6.45, 7) is 8.11. The predicted molar refractivity (Wildman–Crippen MR) is 122 cm³/mol. The maximum Gasteiger partial charge on any atom is 0.246 e. The fourth-order valence-corrected chi connectivity index (χ4v) is 5.73. The van der Waals surface area contributed by atoms with Crippen LogP contribution in [0, 0.1) is 12.8 Å². The first-order valence-corrected chi connectivity index (χ1v) is 12.6. The van der Waals surface area contributed by atoms with Crippen molar-refractivity contribution < 1.29 is 13.2 Å². The number of carbonyl (C=O) groups excluding carboxylic acids is 1. The number of anilines is 1. The Morgan fingerprint density at radius 3 is 2.55 bits per heavy atom. The Morgan fingerprint density at radius 2 is 1.85 bits per heavy atom. The molecular formula is C21H30N8O3S. The third kappa shape index (κ3) is 5.01. The highest BCUT2D eigenvalue weighted by Gasteiger charge is 2.35. The molecule has 0 saturated carbocycles. The zero-order valence-electron chi connectivity index (χ0n) is 19.2. The van der Waals surface area contributed by atoms with Crippen LogP contribution in [-0.4, -0.2) is 61.1 Å². The molecule has 3 aromatic heterocycles. The van der Waals surface area contributed by atoms with E-state index in [1.54, 1.807) is 41.1 Å². The molecule has 1 N–H and O–H groups in total. The first kappa shape index (κ1) is 23.2. The summed E-state index contributed by atoms with van der Waals surface area (Å²) in [6.07, 6.45) is 9.94. The van der Waals surface area contributed by atoms with Crippen LogP contribution >= 0.6 is 0 Å². The molecule has 0 spiro atoms. The standard InChI is InChI=1S/C21H30N8O3S/c1-4-26-11-17(9-22-26)12-28-14-19(10-23-28)24-21(30)18-7-6-8-29(13-18)33(31,32)20-15-27(5-2)25-16(20)3/h9-11,14-15,18H,4-8,12-13H2,1-3H3,(H,24,30)/t18-/m0/s1. The second-order valence-corrected chi connectivity index (χ2v) is 10.2. The first-order chi connectivity index (χ1) is 15.8. The largest absolute Gasteiger partial charge is 0.323 e. The van der Waals surface area contributed by atoms with Crippen molar-refractivity contribution in [3.8, 4) is 0 Å². The van der Waals surface area contributed by atoms with Crippen LogP contribution in [0.4, 0.5) is 5.69 Å². The quantitative estimate of drug-likeness (QED) is 0.531. The van der Waals surface area contributed by atoms with Crippen LogP contribution in [0.15, 0.2) is 35.9 Å². The third-order valence-electron chi connectivity index (χ3n) is 5.85. The molecule has 1 saturated heterocycles. The summed E-state index contributed by atoms with van der Waals surface area (Å²) in [6, 6.07) is 0. The molecule has 33 heavy (non-hydrogen) atoms. The number of rotatable bonds is 8. The number of nitrogens with zero attached hydrogens (tertiary/aromatic N) is 7. The monoisotopic (exact) mass is 474 g/mol. The molecule has 0 unspecified atom stereocenters. The predicted octanol–water partition coefficient (Wildman–Crippen LogP) is 1.71. The molecule has 0 aromatic carbocycles. The van der Waals surface area contributed by atoms with E-state index in [4.69, 9.17) is 0 Å². The van der Waals surface area contributed by atoms with Gasteiger partial charge >= 0.3 is 0 Å². The van der Waals surface area contributed by atoms with Gasteiger partial charge < -0.3 is 5.32 Å². The molecule has 1 aliphatic rings. The number of hydrogen-bond donors (Lipinski definition) is 1. The molecule has 12 heteroatoms. The number of carbonyl (C=O) groups is 1. The summed E-state index contributed by atoms with van der Waals surface area (Å²) in [5.41, 5.74) is 2.08. The van der Waals surface area contributed by atoms with Gasteiger partial charge in [0.2, 0.25) is 15.9 Å². The van der Waals surface area contributed by atoms with Crippen molar-refractivity contribution in [2.45, 2.75) is 58.1 Å². The smallest absolute Gasteiger partial charge is 0.246 e. The maximum absolute atomic E-state index is 13.2. The minimum atomic E-state index is -3.71. The fraction of sp³-hybridized carbons (Fsp3) is 0.524. The number of nitrogens with one attached hydrogen (secondary N) is 1. The van der Waals surface area contributed by atoms with Crippen LogP contribution in [0.25, 0.3) is 0 Å².